The van der Waals surface area contributed by atoms with Gasteiger partial charge in [-0.25, -0.2) is 14.8 Å². The van der Waals surface area contributed by atoms with Gasteiger partial charge in [0.2, 0.25) is 0 Å². The number of rotatable bonds is 2. The van der Waals surface area contributed by atoms with Gasteiger partial charge in [0.05, 0.1) is 23.6 Å². The molecule has 0 atom stereocenters. The lowest BCUT2D eigenvalue weighted by Gasteiger charge is -2.39. The van der Waals surface area contributed by atoms with Crippen LogP contribution in [0.1, 0.15) is 0 Å². The van der Waals surface area contributed by atoms with Crippen LogP contribution in [0.15, 0.2) is 41.8 Å². The Morgan fingerprint density at radius 2 is 1.66 bits per heavy atom. The SMILES string of the molecule is O=C(N1CCOCC1)N1CCN(c2nc(-c3cccs3)nc3ccccc23)CC1. The molecule has 2 aliphatic heterocycles. The Morgan fingerprint density at radius 1 is 0.897 bits per heavy atom. The maximum Gasteiger partial charge on any atom is 0.320 e. The van der Waals surface area contributed by atoms with E-state index in [1.807, 2.05) is 39.4 Å². The third kappa shape index (κ3) is 3.65. The Morgan fingerprint density at radius 3 is 2.41 bits per heavy atom. The third-order valence-corrected chi connectivity index (χ3v) is 6.32. The smallest absolute Gasteiger partial charge is 0.320 e. The number of piperazine rings is 1. The zero-order valence-electron chi connectivity index (χ0n) is 16.2. The minimum Gasteiger partial charge on any atom is -0.378 e. The van der Waals surface area contributed by atoms with Gasteiger partial charge in [-0.1, -0.05) is 18.2 Å². The molecule has 0 saturated carbocycles. The van der Waals surface area contributed by atoms with Crippen LogP contribution in [-0.2, 0) is 4.74 Å². The highest BCUT2D eigenvalue weighted by atomic mass is 32.1. The highest BCUT2D eigenvalue weighted by Gasteiger charge is 2.27. The van der Waals surface area contributed by atoms with Crippen molar-refractivity contribution in [2.75, 3.05) is 57.4 Å². The van der Waals surface area contributed by atoms with Crippen LogP contribution in [-0.4, -0.2) is 78.3 Å². The standard InChI is InChI=1S/C21H23N5O2S/c27-21(26-11-13-28-14-12-26)25-9-7-24(8-10-25)20-16-4-1-2-5-17(16)22-19(23-20)18-6-3-15-29-18/h1-6,15H,7-14H2. The van der Waals surface area contributed by atoms with E-state index in [-0.39, 0.29) is 6.03 Å². The quantitative estimate of drug-likeness (QED) is 0.651. The van der Waals surface area contributed by atoms with Crippen molar-refractivity contribution < 1.29 is 9.53 Å². The molecule has 2 saturated heterocycles. The van der Waals surface area contributed by atoms with E-state index < -0.39 is 0 Å². The lowest BCUT2D eigenvalue weighted by atomic mass is 10.2. The summed E-state index contributed by atoms with van der Waals surface area (Å²) in [6.07, 6.45) is 0. The first-order valence-electron chi connectivity index (χ1n) is 9.97. The first kappa shape index (κ1) is 18.3. The Labute approximate surface area is 173 Å². The molecule has 2 aliphatic rings. The van der Waals surface area contributed by atoms with Crippen molar-refractivity contribution in [1.29, 1.82) is 0 Å². The zero-order chi connectivity index (χ0) is 19.6. The van der Waals surface area contributed by atoms with E-state index in [9.17, 15) is 4.79 Å². The summed E-state index contributed by atoms with van der Waals surface area (Å²) in [5.41, 5.74) is 0.952. The highest BCUT2D eigenvalue weighted by Crippen LogP contribution is 2.30. The average Bonchev–Trinajstić information content (AvgIpc) is 3.34. The molecule has 29 heavy (non-hydrogen) atoms. The molecular weight excluding hydrogens is 386 g/mol. The van der Waals surface area contributed by atoms with E-state index in [2.05, 4.69) is 17.0 Å². The minimum atomic E-state index is 0.125. The van der Waals surface area contributed by atoms with Crippen LogP contribution in [0.25, 0.3) is 21.6 Å². The number of benzene rings is 1. The van der Waals surface area contributed by atoms with Gasteiger partial charge in [0.25, 0.3) is 0 Å². The molecule has 0 spiro atoms. The summed E-state index contributed by atoms with van der Waals surface area (Å²) in [5, 5.41) is 3.10. The van der Waals surface area contributed by atoms with Gasteiger partial charge >= 0.3 is 6.03 Å². The fourth-order valence-corrected chi connectivity index (χ4v) is 4.54. The Kier molecular flexibility index (Phi) is 5.03. The summed E-state index contributed by atoms with van der Waals surface area (Å²) in [6.45, 7) is 5.54. The molecule has 150 valence electrons. The number of carbonyl (C=O) groups excluding carboxylic acids is 1. The van der Waals surface area contributed by atoms with Gasteiger partial charge in [-0.15, -0.1) is 11.3 Å². The number of fused-ring (bicyclic) bond motifs is 1. The largest absolute Gasteiger partial charge is 0.378 e. The normalized spacial score (nSPS) is 17.7. The number of thiophene rings is 1. The van der Waals surface area contributed by atoms with Crippen molar-refractivity contribution in [2.24, 2.45) is 0 Å². The number of aromatic nitrogens is 2. The molecule has 0 bridgehead atoms. The monoisotopic (exact) mass is 409 g/mol. The van der Waals surface area contributed by atoms with E-state index in [0.29, 0.717) is 39.4 Å². The predicted octanol–water partition coefficient (Wildman–Crippen LogP) is 2.93. The Hall–Kier alpha value is -2.71. The van der Waals surface area contributed by atoms with E-state index in [1.165, 1.54) is 0 Å². The number of hydrogen-bond donors (Lipinski definition) is 0. The molecule has 8 heteroatoms. The molecule has 2 fully saturated rings. The molecule has 0 unspecified atom stereocenters. The van der Waals surface area contributed by atoms with E-state index in [1.54, 1.807) is 11.3 Å². The summed E-state index contributed by atoms with van der Waals surface area (Å²) in [5.74, 6) is 1.72. The molecule has 2 aromatic heterocycles. The maximum absolute atomic E-state index is 12.8. The highest BCUT2D eigenvalue weighted by molar-refractivity contribution is 7.13. The van der Waals surface area contributed by atoms with E-state index in [4.69, 9.17) is 14.7 Å². The molecule has 0 aliphatic carbocycles. The van der Waals surface area contributed by atoms with Gasteiger partial charge in [0.15, 0.2) is 5.82 Å². The zero-order valence-corrected chi connectivity index (χ0v) is 17.0. The van der Waals surface area contributed by atoms with Crippen molar-refractivity contribution in [3.63, 3.8) is 0 Å². The number of ether oxygens (including phenoxy) is 1. The van der Waals surface area contributed by atoms with Crippen molar-refractivity contribution >= 4 is 34.1 Å². The van der Waals surface area contributed by atoms with Crippen molar-refractivity contribution in [2.45, 2.75) is 0 Å². The summed E-state index contributed by atoms with van der Waals surface area (Å²) < 4.78 is 5.36. The van der Waals surface area contributed by atoms with Crippen molar-refractivity contribution in [3.8, 4) is 10.7 Å². The first-order chi connectivity index (χ1) is 14.3. The Balaban J connectivity index is 1.38. The molecular formula is C21H23N5O2S. The summed E-state index contributed by atoms with van der Waals surface area (Å²) in [7, 11) is 0. The van der Waals surface area contributed by atoms with Gasteiger partial charge < -0.3 is 19.4 Å². The summed E-state index contributed by atoms with van der Waals surface area (Å²) >= 11 is 1.65. The third-order valence-electron chi connectivity index (χ3n) is 5.46. The number of urea groups is 1. The van der Waals surface area contributed by atoms with Gasteiger partial charge in [-0.3, -0.25) is 0 Å². The Bertz CT molecular complexity index is 995. The van der Waals surface area contributed by atoms with Gasteiger partial charge in [0, 0.05) is 44.7 Å². The molecule has 2 amide bonds. The second-order valence-corrected chi connectivity index (χ2v) is 8.17. The number of hydrogen-bond acceptors (Lipinski definition) is 6. The summed E-state index contributed by atoms with van der Waals surface area (Å²) in [6, 6.07) is 12.4. The minimum absolute atomic E-state index is 0.125. The van der Waals surface area contributed by atoms with Crippen LogP contribution in [0.2, 0.25) is 0 Å². The second kappa shape index (κ2) is 7.96. The summed E-state index contributed by atoms with van der Waals surface area (Å²) in [4.78, 5) is 29.7. The van der Waals surface area contributed by atoms with Gasteiger partial charge in [0.1, 0.15) is 5.82 Å². The van der Waals surface area contributed by atoms with E-state index >= 15 is 0 Å². The van der Waals surface area contributed by atoms with E-state index in [0.717, 1.165) is 40.5 Å². The molecule has 7 nitrogen and oxygen atoms in total. The fourth-order valence-electron chi connectivity index (χ4n) is 3.88. The van der Waals surface area contributed by atoms with Crippen LogP contribution in [0, 0.1) is 0 Å². The molecule has 3 aromatic rings. The number of morpholine rings is 1. The fraction of sp³-hybridized carbons (Fsp3) is 0.381. The molecule has 4 heterocycles. The van der Waals surface area contributed by atoms with Gasteiger partial charge in [-0.05, 0) is 23.6 Å². The number of anilines is 1. The first-order valence-corrected chi connectivity index (χ1v) is 10.8. The average molecular weight is 410 g/mol. The van der Waals surface area contributed by atoms with Crippen molar-refractivity contribution in [3.05, 3.63) is 41.8 Å². The predicted molar refractivity (Wildman–Crippen MR) is 114 cm³/mol. The molecule has 1 aromatic carbocycles. The van der Waals surface area contributed by atoms with Crippen LogP contribution < -0.4 is 4.90 Å². The number of carbonyl (C=O) groups is 1. The molecule has 0 N–H and O–H groups in total. The lowest BCUT2D eigenvalue weighted by Crippen LogP contribution is -2.55. The van der Waals surface area contributed by atoms with Crippen LogP contribution in [0.4, 0.5) is 10.6 Å². The van der Waals surface area contributed by atoms with Crippen LogP contribution in [0.5, 0.6) is 0 Å². The number of para-hydroxylation sites is 1. The molecule has 5 rings (SSSR count). The number of nitrogens with zero attached hydrogens (tertiary/aromatic N) is 5. The van der Waals surface area contributed by atoms with Crippen LogP contribution >= 0.6 is 11.3 Å². The molecule has 0 radical (unpaired) electrons. The maximum atomic E-state index is 12.8. The van der Waals surface area contributed by atoms with Gasteiger partial charge in [-0.2, -0.15) is 0 Å². The number of amides is 2. The lowest BCUT2D eigenvalue weighted by molar-refractivity contribution is 0.0428. The second-order valence-electron chi connectivity index (χ2n) is 7.22. The van der Waals surface area contributed by atoms with Crippen LogP contribution in [0.3, 0.4) is 0 Å². The topological polar surface area (TPSA) is 61.8 Å². The van der Waals surface area contributed by atoms with Crippen molar-refractivity contribution in [1.82, 2.24) is 19.8 Å².